The normalized spacial score (nSPS) is 16.4. The van der Waals surface area contributed by atoms with Crippen LogP contribution in [0.2, 0.25) is 0 Å². The lowest BCUT2D eigenvalue weighted by molar-refractivity contribution is -0.148. The zero-order valence-electron chi connectivity index (χ0n) is 17.9. The zero-order chi connectivity index (χ0) is 23.6. The molecule has 174 valence electrons. The first-order valence-electron chi connectivity index (χ1n) is 10.5. The molecule has 0 radical (unpaired) electrons. The minimum Gasteiger partial charge on any atom is -0.493 e. The quantitative estimate of drug-likeness (QED) is 0.513. The van der Waals surface area contributed by atoms with Crippen LogP contribution in [0.15, 0.2) is 52.9 Å². The van der Waals surface area contributed by atoms with Crippen LogP contribution in [-0.4, -0.2) is 40.2 Å². The monoisotopic (exact) mass is 460 g/mol. The highest BCUT2D eigenvalue weighted by Gasteiger charge is 2.33. The number of nitrogens with zero attached hydrogens (tertiary/aromatic N) is 2. The second-order valence-electron chi connectivity index (χ2n) is 7.95. The number of aryl methyl sites for hydroxylation is 1. The van der Waals surface area contributed by atoms with Crippen LogP contribution in [-0.2, 0) is 23.9 Å². The number of hydrogen-bond acceptors (Lipinski definition) is 5. The fourth-order valence-electron chi connectivity index (χ4n) is 3.69. The average Bonchev–Trinajstić information content (AvgIpc) is 3.12. The van der Waals surface area contributed by atoms with Crippen molar-refractivity contribution in [1.82, 2.24) is 9.88 Å². The van der Waals surface area contributed by atoms with Gasteiger partial charge < -0.3 is 14.3 Å². The molecule has 0 saturated carbocycles. The molecule has 0 aliphatic carbocycles. The number of alkyl halides is 3. The summed E-state index contributed by atoms with van der Waals surface area (Å²) in [6.07, 6.45) is -3.23. The molecule has 0 bridgehead atoms. The molecule has 1 atom stereocenters. The van der Waals surface area contributed by atoms with Crippen molar-refractivity contribution in [2.24, 2.45) is 0 Å². The van der Waals surface area contributed by atoms with E-state index in [0.717, 1.165) is 24.2 Å². The van der Waals surface area contributed by atoms with Crippen LogP contribution in [0.4, 0.5) is 13.2 Å². The van der Waals surface area contributed by atoms with Gasteiger partial charge in [0.25, 0.3) is 0 Å². The molecule has 9 heteroatoms. The van der Waals surface area contributed by atoms with Crippen LogP contribution in [0.5, 0.6) is 5.75 Å². The van der Waals surface area contributed by atoms with Crippen molar-refractivity contribution < 1.29 is 32.2 Å². The number of carboxylic acids is 1. The van der Waals surface area contributed by atoms with Crippen molar-refractivity contribution in [3.8, 4) is 17.2 Å². The molecule has 1 fully saturated rings. The number of rotatable bonds is 8. The molecular formula is C24H23F3N2O4. The molecule has 0 amide bonds. The molecule has 1 unspecified atom stereocenters. The SMILES string of the molecule is Cc1oc(-c2ccc(C(F)(F)F)cc2)nc1CCOc1ccc(CN2CCC2C(=O)O)cc1. The molecule has 1 N–H and O–H groups in total. The molecule has 4 rings (SSSR count). The fourth-order valence-corrected chi connectivity index (χ4v) is 3.69. The number of ether oxygens (including phenoxy) is 1. The highest BCUT2D eigenvalue weighted by molar-refractivity contribution is 5.74. The van der Waals surface area contributed by atoms with Gasteiger partial charge in [-0.3, -0.25) is 9.69 Å². The molecule has 2 heterocycles. The van der Waals surface area contributed by atoms with Gasteiger partial charge in [0.2, 0.25) is 5.89 Å². The maximum Gasteiger partial charge on any atom is 0.416 e. The van der Waals surface area contributed by atoms with Gasteiger partial charge in [0.15, 0.2) is 0 Å². The van der Waals surface area contributed by atoms with Gasteiger partial charge in [-0.2, -0.15) is 13.2 Å². The molecule has 3 aromatic rings. The van der Waals surface area contributed by atoms with Gasteiger partial charge in [0.05, 0.1) is 17.9 Å². The molecule has 1 aromatic heterocycles. The summed E-state index contributed by atoms with van der Waals surface area (Å²) in [7, 11) is 0. The molecule has 1 saturated heterocycles. The van der Waals surface area contributed by atoms with E-state index in [2.05, 4.69) is 4.98 Å². The third-order valence-electron chi connectivity index (χ3n) is 5.68. The molecule has 33 heavy (non-hydrogen) atoms. The summed E-state index contributed by atoms with van der Waals surface area (Å²) in [5, 5.41) is 9.13. The summed E-state index contributed by atoms with van der Waals surface area (Å²) in [5.74, 6) is 0.754. The Bertz CT molecular complexity index is 1110. The van der Waals surface area contributed by atoms with E-state index in [1.165, 1.54) is 12.1 Å². The van der Waals surface area contributed by atoms with Crippen molar-refractivity contribution >= 4 is 5.97 Å². The summed E-state index contributed by atoms with van der Waals surface area (Å²) in [4.78, 5) is 17.4. The van der Waals surface area contributed by atoms with E-state index in [4.69, 9.17) is 14.3 Å². The standard InChI is InChI=1S/C24H23F3N2O4/c1-15-20(28-22(33-15)17-4-6-18(7-5-17)24(25,26)27)11-13-32-19-8-2-16(3-9-19)14-29-12-10-21(29)23(30)31/h2-9,21H,10-14H2,1H3,(H,30,31). The Morgan fingerprint density at radius 2 is 1.88 bits per heavy atom. The van der Waals surface area contributed by atoms with Gasteiger partial charge in [-0.25, -0.2) is 4.98 Å². The van der Waals surface area contributed by atoms with Gasteiger partial charge in [-0.05, 0) is 55.3 Å². The lowest BCUT2D eigenvalue weighted by Crippen LogP contribution is -2.51. The largest absolute Gasteiger partial charge is 0.493 e. The van der Waals surface area contributed by atoms with Gasteiger partial charge >= 0.3 is 12.1 Å². The molecular weight excluding hydrogens is 437 g/mol. The number of aromatic nitrogens is 1. The predicted octanol–water partition coefficient (Wildman–Crippen LogP) is 4.95. The van der Waals surface area contributed by atoms with Crippen LogP contribution < -0.4 is 4.74 Å². The van der Waals surface area contributed by atoms with E-state index in [0.29, 0.717) is 48.8 Å². The zero-order valence-corrected chi connectivity index (χ0v) is 17.9. The van der Waals surface area contributed by atoms with Gasteiger partial charge in [-0.1, -0.05) is 12.1 Å². The second kappa shape index (κ2) is 9.27. The number of halogens is 3. The van der Waals surface area contributed by atoms with Crippen LogP contribution in [0, 0.1) is 6.92 Å². The lowest BCUT2D eigenvalue weighted by atomic mass is 10.0. The average molecular weight is 460 g/mol. The fraction of sp³-hybridized carbons (Fsp3) is 0.333. The number of likely N-dealkylation sites (tertiary alicyclic amines) is 1. The van der Waals surface area contributed by atoms with Crippen LogP contribution in [0.25, 0.3) is 11.5 Å². The maximum atomic E-state index is 12.7. The molecule has 1 aliphatic rings. The minimum absolute atomic E-state index is 0.270. The summed E-state index contributed by atoms with van der Waals surface area (Å²) >= 11 is 0. The summed E-state index contributed by atoms with van der Waals surface area (Å²) < 4.78 is 49.6. The first kappa shape index (κ1) is 22.8. The first-order chi connectivity index (χ1) is 15.7. The molecule has 2 aromatic carbocycles. The Hall–Kier alpha value is -3.33. The maximum absolute atomic E-state index is 12.7. The molecule has 6 nitrogen and oxygen atoms in total. The van der Waals surface area contributed by atoms with E-state index in [1.54, 1.807) is 6.92 Å². The lowest BCUT2D eigenvalue weighted by Gasteiger charge is -2.37. The highest BCUT2D eigenvalue weighted by atomic mass is 19.4. The third-order valence-corrected chi connectivity index (χ3v) is 5.68. The van der Waals surface area contributed by atoms with Crippen molar-refractivity contribution in [2.45, 2.75) is 38.5 Å². The smallest absolute Gasteiger partial charge is 0.416 e. The number of aliphatic carboxylic acids is 1. The van der Waals surface area contributed by atoms with E-state index in [1.807, 2.05) is 29.2 Å². The van der Waals surface area contributed by atoms with Crippen molar-refractivity contribution in [1.29, 1.82) is 0 Å². The van der Waals surface area contributed by atoms with Gasteiger partial charge in [-0.15, -0.1) is 0 Å². The number of benzene rings is 2. The topological polar surface area (TPSA) is 75.8 Å². The van der Waals surface area contributed by atoms with Gasteiger partial charge in [0.1, 0.15) is 17.6 Å². The summed E-state index contributed by atoms with van der Waals surface area (Å²) in [6.45, 7) is 3.47. The Kier molecular flexibility index (Phi) is 6.42. The van der Waals surface area contributed by atoms with Crippen LogP contribution in [0.1, 0.15) is 29.0 Å². The van der Waals surface area contributed by atoms with Crippen LogP contribution in [0.3, 0.4) is 0 Å². The Labute approximate surface area is 188 Å². The Morgan fingerprint density at radius 1 is 1.18 bits per heavy atom. The number of oxazole rings is 1. The third kappa shape index (κ3) is 5.36. The van der Waals surface area contributed by atoms with Crippen molar-refractivity contribution in [3.63, 3.8) is 0 Å². The number of hydrogen-bond donors (Lipinski definition) is 1. The summed E-state index contributed by atoms with van der Waals surface area (Å²) in [5.41, 5.74) is 1.45. The van der Waals surface area contributed by atoms with Gasteiger partial charge in [0, 0.05) is 25.1 Å². The van der Waals surface area contributed by atoms with Crippen molar-refractivity contribution in [2.75, 3.05) is 13.2 Å². The van der Waals surface area contributed by atoms with E-state index in [-0.39, 0.29) is 5.89 Å². The Balaban J connectivity index is 1.30. The van der Waals surface area contributed by atoms with E-state index >= 15 is 0 Å². The Morgan fingerprint density at radius 3 is 2.45 bits per heavy atom. The second-order valence-corrected chi connectivity index (χ2v) is 7.95. The first-order valence-corrected chi connectivity index (χ1v) is 10.5. The number of carbonyl (C=O) groups is 1. The molecule has 0 spiro atoms. The minimum atomic E-state index is -4.39. The van der Waals surface area contributed by atoms with Crippen molar-refractivity contribution in [3.05, 3.63) is 71.1 Å². The van der Waals surface area contributed by atoms with E-state index in [9.17, 15) is 18.0 Å². The molecule has 1 aliphatic heterocycles. The highest BCUT2D eigenvalue weighted by Crippen LogP contribution is 2.31. The van der Waals surface area contributed by atoms with Crippen LogP contribution >= 0.6 is 0 Å². The summed E-state index contributed by atoms with van der Waals surface area (Å²) in [6, 6.07) is 11.8. The van der Waals surface area contributed by atoms with E-state index < -0.39 is 23.8 Å². The predicted molar refractivity (Wildman–Crippen MR) is 114 cm³/mol. The number of carboxylic acid groups (broad SMARTS) is 1.